The molecule has 4 bridgehead atoms. The van der Waals surface area contributed by atoms with Crippen molar-refractivity contribution in [2.45, 2.75) is 71.9 Å². The van der Waals surface area contributed by atoms with E-state index in [1.807, 2.05) is 26.8 Å². The van der Waals surface area contributed by atoms with E-state index in [1.54, 1.807) is 18.2 Å². The second kappa shape index (κ2) is 8.71. The molecular formula is C26H35N5O3. The molecule has 2 amide bonds. The van der Waals surface area contributed by atoms with Crippen LogP contribution in [0.4, 0.5) is 5.95 Å². The molecule has 182 valence electrons. The van der Waals surface area contributed by atoms with Gasteiger partial charge in [-0.05, 0) is 81.3 Å². The van der Waals surface area contributed by atoms with Gasteiger partial charge in [0.15, 0.2) is 0 Å². The first-order valence-corrected chi connectivity index (χ1v) is 12.7. The zero-order valence-electron chi connectivity index (χ0n) is 20.3. The first kappa shape index (κ1) is 22.9. The number of hydrogen-bond acceptors (Lipinski definition) is 5. The molecule has 4 aliphatic carbocycles. The Morgan fingerprint density at radius 3 is 2.29 bits per heavy atom. The minimum absolute atomic E-state index is 0.0368. The molecule has 4 fully saturated rings. The maximum atomic E-state index is 13.5. The van der Waals surface area contributed by atoms with E-state index >= 15 is 0 Å². The fourth-order valence-corrected chi connectivity index (χ4v) is 6.97. The second-order valence-corrected chi connectivity index (χ2v) is 11.0. The smallest absolute Gasteiger partial charge is 0.262 e. The van der Waals surface area contributed by atoms with E-state index in [0.717, 1.165) is 19.3 Å². The number of carbonyl (C=O) groups is 2. The van der Waals surface area contributed by atoms with Gasteiger partial charge in [0.25, 0.3) is 11.5 Å². The van der Waals surface area contributed by atoms with E-state index in [9.17, 15) is 14.4 Å². The van der Waals surface area contributed by atoms with Gasteiger partial charge in [-0.3, -0.25) is 29.8 Å². The average molecular weight is 466 g/mol. The Kier molecular flexibility index (Phi) is 5.86. The van der Waals surface area contributed by atoms with Crippen LogP contribution in [0.1, 0.15) is 59.3 Å². The van der Waals surface area contributed by atoms with Crippen LogP contribution in [0, 0.1) is 29.1 Å². The molecule has 1 heterocycles. The van der Waals surface area contributed by atoms with Crippen LogP contribution in [0.15, 0.2) is 29.1 Å². The van der Waals surface area contributed by atoms with Crippen LogP contribution in [0.2, 0.25) is 0 Å². The summed E-state index contributed by atoms with van der Waals surface area (Å²) in [7, 11) is 0. The van der Waals surface area contributed by atoms with Crippen molar-refractivity contribution in [1.29, 1.82) is 0 Å². The van der Waals surface area contributed by atoms with Gasteiger partial charge in [-0.2, -0.15) is 0 Å². The second-order valence-electron chi connectivity index (χ2n) is 11.0. The molecule has 0 spiro atoms. The highest BCUT2D eigenvalue weighted by molar-refractivity contribution is 5.91. The van der Waals surface area contributed by atoms with Crippen LogP contribution >= 0.6 is 0 Å². The van der Waals surface area contributed by atoms with Crippen molar-refractivity contribution < 1.29 is 9.59 Å². The largest absolute Gasteiger partial charge is 0.344 e. The molecule has 4 saturated carbocycles. The average Bonchev–Trinajstić information content (AvgIpc) is 2.80. The Morgan fingerprint density at radius 2 is 1.71 bits per heavy atom. The number of rotatable bonds is 7. The number of nitrogens with zero attached hydrogens (tertiary/aromatic N) is 2. The van der Waals surface area contributed by atoms with Crippen LogP contribution in [0.5, 0.6) is 0 Å². The van der Waals surface area contributed by atoms with Crippen molar-refractivity contribution in [2.75, 3.05) is 5.43 Å². The number of para-hydroxylation sites is 1. The van der Waals surface area contributed by atoms with Gasteiger partial charge in [-0.1, -0.05) is 26.0 Å². The number of fused-ring (bicyclic) bond motifs is 1. The van der Waals surface area contributed by atoms with Gasteiger partial charge in [0.2, 0.25) is 11.9 Å². The van der Waals surface area contributed by atoms with Crippen LogP contribution < -0.4 is 21.7 Å². The van der Waals surface area contributed by atoms with Crippen molar-refractivity contribution in [1.82, 2.24) is 20.3 Å². The molecule has 1 aromatic carbocycles. The topological polar surface area (TPSA) is 105 Å². The number of hydrogen-bond donors (Lipinski definition) is 3. The van der Waals surface area contributed by atoms with Crippen LogP contribution in [0.3, 0.4) is 0 Å². The lowest BCUT2D eigenvalue weighted by molar-refractivity contribution is -0.149. The monoisotopic (exact) mass is 465 g/mol. The third-order valence-corrected chi connectivity index (χ3v) is 8.23. The van der Waals surface area contributed by atoms with Crippen LogP contribution in [-0.4, -0.2) is 27.4 Å². The molecule has 2 aromatic rings. The maximum Gasteiger partial charge on any atom is 0.262 e. The normalized spacial score (nSPS) is 28.2. The lowest BCUT2D eigenvalue weighted by Gasteiger charge is -2.55. The van der Waals surface area contributed by atoms with Crippen molar-refractivity contribution in [2.24, 2.45) is 29.1 Å². The number of aromatic nitrogens is 2. The van der Waals surface area contributed by atoms with Gasteiger partial charge in [0.05, 0.1) is 10.9 Å². The van der Waals surface area contributed by atoms with E-state index in [0.29, 0.717) is 35.2 Å². The SMILES string of the molecule is CCn1c(NNC(=O)C(NC(=O)C23CC4CC(CC(C4)C2)C3)C(C)C)nc2ccccc2c1=O. The Balaban J connectivity index is 1.30. The molecule has 0 radical (unpaired) electrons. The van der Waals surface area contributed by atoms with Gasteiger partial charge >= 0.3 is 0 Å². The number of nitrogens with one attached hydrogen (secondary N) is 3. The number of benzene rings is 1. The molecule has 4 aliphatic rings. The van der Waals surface area contributed by atoms with E-state index in [4.69, 9.17) is 0 Å². The summed E-state index contributed by atoms with van der Waals surface area (Å²) in [6.45, 7) is 6.12. The summed E-state index contributed by atoms with van der Waals surface area (Å²) in [5.41, 5.74) is 5.63. The van der Waals surface area contributed by atoms with Crippen molar-refractivity contribution >= 4 is 28.7 Å². The van der Waals surface area contributed by atoms with Crippen LogP contribution in [0.25, 0.3) is 10.9 Å². The molecule has 3 N–H and O–H groups in total. The number of carbonyl (C=O) groups excluding carboxylic acids is 2. The van der Waals surface area contributed by atoms with Crippen molar-refractivity contribution in [3.8, 4) is 0 Å². The highest BCUT2D eigenvalue weighted by Crippen LogP contribution is 2.60. The summed E-state index contributed by atoms with van der Waals surface area (Å²) in [6.07, 6.45) is 6.67. The van der Waals surface area contributed by atoms with Gasteiger partial charge in [0, 0.05) is 12.0 Å². The zero-order chi connectivity index (χ0) is 24.0. The first-order chi connectivity index (χ1) is 16.3. The molecular weight excluding hydrogens is 430 g/mol. The Bertz CT molecular complexity index is 1140. The lowest BCUT2D eigenvalue weighted by Crippen LogP contribution is -2.58. The quantitative estimate of drug-likeness (QED) is 0.545. The van der Waals surface area contributed by atoms with Gasteiger partial charge in [0.1, 0.15) is 6.04 Å². The maximum absolute atomic E-state index is 13.5. The fourth-order valence-electron chi connectivity index (χ4n) is 6.97. The van der Waals surface area contributed by atoms with Crippen molar-refractivity contribution in [3.05, 3.63) is 34.6 Å². The number of amides is 2. The lowest BCUT2D eigenvalue weighted by atomic mass is 9.49. The van der Waals surface area contributed by atoms with E-state index in [-0.39, 0.29) is 34.7 Å². The predicted octanol–water partition coefficient (Wildman–Crippen LogP) is 3.22. The van der Waals surface area contributed by atoms with Gasteiger partial charge in [-0.15, -0.1) is 0 Å². The summed E-state index contributed by atoms with van der Waals surface area (Å²) in [5, 5.41) is 3.63. The minimum atomic E-state index is -0.671. The summed E-state index contributed by atoms with van der Waals surface area (Å²) < 4.78 is 1.49. The van der Waals surface area contributed by atoms with Crippen LogP contribution in [-0.2, 0) is 16.1 Å². The Hall–Kier alpha value is -2.90. The van der Waals surface area contributed by atoms with E-state index in [1.165, 1.54) is 23.8 Å². The summed E-state index contributed by atoms with van der Waals surface area (Å²) >= 11 is 0. The standard InChI is InChI=1S/C26H35N5O3/c1-4-31-23(33)19-7-5-6-8-20(19)27-25(31)30-29-22(32)21(15(2)3)28-24(34)26-12-16-9-17(13-26)11-18(10-16)14-26/h5-8,15-18,21H,4,9-14H2,1-3H3,(H,27,30)(H,28,34)(H,29,32). The molecule has 34 heavy (non-hydrogen) atoms. The minimum Gasteiger partial charge on any atom is -0.344 e. The summed E-state index contributed by atoms with van der Waals surface area (Å²) in [4.78, 5) is 44.0. The van der Waals surface area contributed by atoms with E-state index < -0.39 is 6.04 Å². The molecule has 1 atom stereocenters. The number of anilines is 1. The molecule has 0 aliphatic heterocycles. The fraction of sp³-hybridized carbons (Fsp3) is 0.615. The first-order valence-electron chi connectivity index (χ1n) is 12.7. The molecule has 1 unspecified atom stereocenters. The Labute approximate surface area is 199 Å². The molecule has 8 nitrogen and oxygen atoms in total. The van der Waals surface area contributed by atoms with Gasteiger partial charge < -0.3 is 5.32 Å². The molecule has 1 aromatic heterocycles. The summed E-state index contributed by atoms with van der Waals surface area (Å²) in [5.74, 6) is 1.87. The third kappa shape index (κ3) is 3.97. The summed E-state index contributed by atoms with van der Waals surface area (Å²) in [6, 6.07) is 6.47. The highest BCUT2D eigenvalue weighted by atomic mass is 16.2. The highest BCUT2D eigenvalue weighted by Gasteiger charge is 2.55. The zero-order valence-corrected chi connectivity index (χ0v) is 20.3. The van der Waals surface area contributed by atoms with Gasteiger partial charge in [-0.25, -0.2) is 4.98 Å². The van der Waals surface area contributed by atoms with Crippen molar-refractivity contribution in [3.63, 3.8) is 0 Å². The van der Waals surface area contributed by atoms with E-state index in [2.05, 4.69) is 21.2 Å². The number of hydrazine groups is 1. The molecule has 8 heteroatoms. The molecule has 6 rings (SSSR count). The molecule has 0 saturated heterocycles. The Morgan fingerprint density at radius 1 is 1.09 bits per heavy atom. The predicted molar refractivity (Wildman–Crippen MR) is 131 cm³/mol. The third-order valence-electron chi connectivity index (χ3n) is 8.23.